The molecule has 37 heavy (non-hydrogen) atoms. The summed E-state index contributed by atoms with van der Waals surface area (Å²) in [5.41, 5.74) is 7.87. The number of anilines is 1. The van der Waals surface area contributed by atoms with Crippen LogP contribution in [0.25, 0.3) is 10.8 Å². The summed E-state index contributed by atoms with van der Waals surface area (Å²) in [5, 5.41) is 9.86. The van der Waals surface area contributed by atoms with E-state index in [1.165, 1.54) is 5.56 Å². The lowest BCUT2D eigenvalue weighted by Gasteiger charge is -2.32. The molecule has 1 aliphatic rings. The molecule has 0 unspecified atom stereocenters. The number of likely N-dealkylation sites (tertiary alicyclic amines) is 1. The van der Waals surface area contributed by atoms with Gasteiger partial charge < -0.3 is 14.7 Å². The Morgan fingerprint density at radius 3 is 2.43 bits per heavy atom. The molecule has 9 nitrogen and oxygen atoms in total. The van der Waals surface area contributed by atoms with Crippen LogP contribution in [0.2, 0.25) is 0 Å². The Bertz CT molecular complexity index is 1370. The van der Waals surface area contributed by atoms with Crippen LogP contribution >= 0.6 is 0 Å². The van der Waals surface area contributed by atoms with Crippen molar-refractivity contribution >= 4 is 38.6 Å². The molecule has 4 rings (SSSR count). The highest BCUT2D eigenvalue weighted by molar-refractivity contribution is 7.88. The van der Waals surface area contributed by atoms with Gasteiger partial charge >= 0.3 is 16.3 Å². The molecule has 0 amide bonds. The molecule has 0 saturated carbocycles. The van der Waals surface area contributed by atoms with Crippen molar-refractivity contribution in [1.82, 2.24) is 4.90 Å². The van der Waals surface area contributed by atoms with Crippen LogP contribution in [0.4, 0.5) is 5.69 Å². The maximum absolute atomic E-state index is 12.0. The number of carbonyl (C=O) groups is 1. The molecule has 1 fully saturated rings. The van der Waals surface area contributed by atoms with E-state index in [0.29, 0.717) is 12.2 Å². The molecule has 1 heterocycles. The summed E-state index contributed by atoms with van der Waals surface area (Å²) in [6.45, 7) is 4.40. The van der Waals surface area contributed by atoms with Crippen LogP contribution in [-0.4, -0.2) is 44.3 Å². The molecule has 0 radical (unpaired) electrons. The minimum absolute atomic E-state index is 0.0384. The van der Waals surface area contributed by atoms with Gasteiger partial charge in [0.25, 0.3) is 0 Å². The van der Waals surface area contributed by atoms with E-state index >= 15 is 0 Å². The van der Waals surface area contributed by atoms with E-state index in [-0.39, 0.29) is 24.0 Å². The monoisotopic (exact) mass is 524 g/mol. The molecule has 1 saturated heterocycles. The Hall–Kier alpha value is -3.63. The van der Waals surface area contributed by atoms with Crippen molar-refractivity contribution in [3.63, 3.8) is 0 Å². The van der Waals surface area contributed by atoms with Gasteiger partial charge in [0.05, 0.1) is 5.69 Å². The molecule has 10 heteroatoms. The number of nitrogens with zero attached hydrogens (tertiary/aromatic N) is 1. The summed E-state index contributed by atoms with van der Waals surface area (Å²) < 4.78 is 36.7. The van der Waals surface area contributed by atoms with Crippen molar-refractivity contribution in [2.45, 2.75) is 45.3 Å². The van der Waals surface area contributed by atoms with E-state index in [4.69, 9.17) is 15.9 Å². The lowest BCUT2D eigenvalue weighted by Crippen LogP contribution is -2.37. The predicted octanol–water partition coefficient (Wildman–Crippen LogP) is 4.17. The van der Waals surface area contributed by atoms with E-state index < -0.39 is 16.3 Å². The fourth-order valence-electron chi connectivity index (χ4n) is 4.33. The summed E-state index contributed by atoms with van der Waals surface area (Å²) in [6.07, 6.45) is 2.37. The zero-order valence-corrected chi connectivity index (χ0v) is 21.6. The van der Waals surface area contributed by atoms with Gasteiger partial charge in [-0.2, -0.15) is 8.42 Å². The van der Waals surface area contributed by atoms with Crippen molar-refractivity contribution in [1.29, 1.82) is 5.41 Å². The van der Waals surface area contributed by atoms with Gasteiger partial charge in [-0.15, -0.1) is 0 Å². The molecule has 4 N–H and O–H groups in total. The highest BCUT2D eigenvalue weighted by Crippen LogP contribution is 2.24. The zero-order chi connectivity index (χ0) is 26.4. The Morgan fingerprint density at radius 2 is 1.76 bits per heavy atom. The van der Waals surface area contributed by atoms with Crippen LogP contribution < -0.4 is 15.2 Å². The summed E-state index contributed by atoms with van der Waals surface area (Å²) >= 11 is 0. The van der Waals surface area contributed by atoms with Crippen molar-refractivity contribution in [2.75, 3.05) is 17.8 Å². The van der Waals surface area contributed by atoms with Gasteiger partial charge in [0.1, 0.15) is 17.7 Å². The summed E-state index contributed by atoms with van der Waals surface area (Å²) in [7, 11) is -4.21. The quantitative estimate of drug-likeness (QED) is 0.268. The Kier molecular flexibility index (Phi) is 8.30. The van der Waals surface area contributed by atoms with E-state index in [1.807, 2.05) is 18.2 Å². The molecule has 0 bridgehead atoms. The molecule has 0 aliphatic carbocycles. The number of amidine groups is 1. The van der Waals surface area contributed by atoms with Gasteiger partial charge in [-0.25, -0.2) is 0 Å². The SMILES string of the molecule is CCCC(=O)OS(=O)(=O)Nc1ccc(OC2CCN(Cc3ccc4ccc(C(=N)N)cc4c3)CC2)cc1. The number of benzene rings is 3. The van der Waals surface area contributed by atoms with Crippen molar-refractivity contribution < 1.29 is 22.1 Å². The van der Waals surface area contributed by atoms with Crippen molar-refractivity contribution in [3.05, 3.63) is 71.8 Å². The van der Waals surface area contributed by atoms with Crippen LogP contribution in [0.1, 0.15) is 43.7 Å². The second-order valence-corrected chi connectivity index (χ2v) is 10.5. The average Bonchev–Trinajstić information content (AvgIpc) is 2.85. The summed E-state index contributed by atoms with van der Waals surface area (Å²) in [5.74, 6) is -0.0672. The second kappa shape index (κ2) is 11.6. The summed E-state index contributed by atoms with van der Waals surface area (Å²) in [4.78, 5) is 13.9. The Labute approximate surface area is 217 Å². The fourth-order valence-corrected chi connectivity index (χ4v) is 5.13. The maximum Gasteiger partial charge on any atom is 0.409 e. The molecule has 0 aromatic heterocycles. The lowest BCUT2D eigenvalue weighted by molar-refractivity contribution is -0.133. The zero-order valence-electron chi connectivity index (χ0n) is 20.8. The van der Waals surface area contributed by atoms with Gasteiger partial charge in [0.15, 0.2) is 0 Å². The molecule has 3 aromatic carbocycles. The first kappa shape index (κ1) is 26.4. The number of nitrogens with one attached hydrogen (secondary N) is 2. The van der Waals surface area contributed by atoms with Crippen LogP contribution in [0.5, 0.6) is 5.75 Å². The van der Waals surface area contributed by atoms with Crippen molar-refractivity contribution in [3.8, 4) is 5.75 Å². The number of fused-ring (bicyclic) bond motifs is 1. The Balaban J connectivity index is 1.27. The molecular formula is C27H32N4O5S. The van der Waals surface area contributed by atoms with Gasteiger partial charge in [0.2, 0.25) is 0 Å². The number of nitrogen functional groups attached to an aromatic ring is 1. The summed E-state index contributed by atoms with van der Waals surface area (Å²) in [6, 6.07) is 18.8. The number of hydrogen-bond donors (Lipinski definition) is 3. The van der Waals surface area contributed by atoms with Crippen LogP contribution in [-0.2, 0) is 25.8 Å². The minimum Gasteiger partial charge on any atom is -0.490 e. The predicted molar refractivity (Wildman–Crippen MR) is 144 cm³/mol. The third-order valence-electron chi connectivity index (χ3n) is 6.21. The van der Waals surface area contributed by atoms with Gasteiger partial charge in [-0.3, -0.25) is 19.8 Å². The van der Waals surface area contributed by atoms with Gasteiger partial charge in [-0.1, -0.05) is 31.2 Å². The maximum atomic E-state index is 12.0. The highest BCUT2D eigenvalue weighted by Gasteiger charge is 2.21. The third kappa shape index (κ3) is 7.43. The molecule has 1 aliphatic heterocycles. The van der Waals surface area contributed by atoms with E-state index in [9.17, 15) is 13.2 Å². The average molecular weight is 525 g/mol. The van der Waals surface area contributed by atoms with E-state index in [2.05, 4.69) is 32.0 Å². The number of carbonyl (C=O) groups excluding carboxylic acids is 1. The van der Waals surface area contributed by atoms with E-state index in [0.717, 1.165) is 48.8 Å². The fraction of sp³-hybridized carbons (Fsp3) is 0.333. The highest BCUT2D eigenvalue weighted by atomic mass is 32.2. The van der Waals surface area contributed by atoms with E-state index in [1.54, 1.807) is 31.2 Å². The number of piperidine rings is 1. The minimum atomic E-state index is -4.21. The number of ether oxygens (including phenoxy) is 1. The number of hydrogen-bond acceptors (Lipinski definition) is 7. The topological polar surface area (TPSA) is 135 Å². The first-order chi connectivity index (χ1) is 17.7. The lowest BCUT2D eigenvalue weighted by atomic mass is 10.0. The largest absolute Gasteiger partial charge is 0.490 e. The number of rotatable bonds is 10. The molecular weight excluding hydrogens is 492 g/mol. The van der Waals surface area contributed by atoms with Gasteiger partial charge in [0, 0.05) is 31.6 Å². The first-order valence-corrected chi connectivity index (χ1v) is 13.7. The molecule has 0 spiro atoms. The molecule has 3 aromatic rings. The Morgan fingerprint density at radius 1 is 1.05 bits per heavy atom. The normalized spacial score (nSPS) is 14.8. The second-order valence-electron chi connectivity index (χ2n) is 9.19. The van der Waals surface area contributed by atoms with Crippen LogP contribution in [0, 0.1) is 5.41 Å². The molecule has 0 atom stereocenters. The first-order valence-electron chi connectivity index (χ1n) is 12.3. The smallest absolute Gasteiger partial charge is 0.409 e. The van der Waals surface area contributed by atoms with Crippen molar-refractivity contribution in [2.24, 2.45) is 5.73 Å². The standard InChI is InChI=1S/C27H32N4O5S/c1-2-3-26(32)36-37(33,34)30-23-8-10-24(11-9-23)35-25-12-14-31(15-13-25)18-19-4-5-20-6-7-21(27(28)29)17-22(20)16-19/h4-11,16-17,25,30H,2-3,12-15,18H2,1H3,(H3,28,29). The number of nitrogens with two attached hydrogens (primary N) is 1. The van der Waals surface area contributed by atoms with Gasteiger partial charge in [-0.05, 0) is 72.0 Å². The molecule has 196 valence electrons. The van der Waals surface area contributed by atoms with Crippen LogP contribution in [0.15, 0.2) is 60.7 Å². The van der Waals surface area contributed by atoms with Crippen LogP contribution in [0.3, 0.4) is 0 Å². The third-order valence-corrected chi connectivity index (χ3v) is 7.10.